The lowest BCUT2D eigenvalue weighted by molar-refractivity contribution is 0.0697. The zero-order valence-corrected chi connectivity index (χ0v) is 11.1. The number of aryl methyl sites for hydroxylation is 3. The molecule has 0 fully saturated rings. The van der Waals surface area contributed by atoms with E-state index in [-0.39, 0.29) is 5.56 Å². The van der Waals surface area contributed by atoms with Crippen molar-refractivity contribution in [3.63, 3.8) is 0 Å². The Hall–Kier alpha value is -2.16. The number of carboxylic acid groups (broad SMARTS) is 1. The fourth-order valence-electron chi connectivity index (χ4n) is 2.12. The van der Waals surface area contributed by atoms with Crippen molar-refractivity contribution < 1.29 is 14.3 Å². The number of aromatic carboxylic acids is 1. The molecule has 0 heterocycles. The van der Waals surface area contributed by atoms with Gasteiger partial charge >= 0.3 is 5.97 Å². The van der Waals surface area contributed by atoms with Gasteiger partial charge in [0.15, 0.2) is 0 Å². The van der Waals surface area contributed by atoms with Crippen molar-refractivity contribution in [3.8, 4) is 11.1 Å². The Kier molecular flexibility index (Phi) is 3.38. The van der Waals surface area contributed by atoms with Crippen molar-refractivity contribution in [2.75, 3.05) is 0 Å². The molecule has 0 bridgehead atoms. The van der Waals surface area contributed by atoms with Gasteiger partial charge in [0.2, 0.25) is 0 Å². The van der Waals surface area contributed by atoms with E-state index in [1.165, 1.54) is 18.2 Å². The summed E-state index contributed by atoms with van der Waals surface area (Å²) >= 11 is 0. The third-order valence-corrected chi connectivity index (χ3v) is 3.34. The van der Waals surface area contributed by atoms with Gasteiger partial charge in [0.1, 0.15) is 5.82 Å². The van der Waals surface area contributed by atoms with Gasteiger partial charge in [-0.15, -0.1) is 0 Å². The average molecular weight is 258 g/mol. The molecule has 0 amide bonds. The Labute approximate surface area is 111 Å². The van der Waals surface area contributed by atoms with E-state index in [1.54, 1.807) is 0 Å². The van der Waals surface area contributed by atoms with Crippen LogP contribution in [0.3, 0.4) is 0 Å². The summed E-state index contributed by atoms with van der Waals surface area (Å²) in [5.74, 6) is -1.46. The molecule has 0 radical (unpaired) electrons. The van der Waals surface area contributed by atoms with E-state index < -0.39 is 11.8 Å². The minimum atomic E-state index is -1.05. The number of carboxylic acids is 1. The molecule has 2 nitrogen and oxygen atoms in total. The molecular formula is C16H15FO2. The van der Waals surface area contributed by atoms with Crippen LogP contribution < -0.4 is 0 Å². The van der Waals surface area contributed by atoms with E-state index in [2.05, 4.69) is 0 Å². The smallest absolute Gasteiger partial charge is 0.335 e. The van der Waals surface area contributed by atoms with Gasteiger partial charge in [-0.25, -0.2) is 9.18 Å². The van der Waals surface area contributed by atoms with Gasteiger partial charge in [-0.2, -0.15) is 0 Å². The van der Waals surface area contributed by atoms with Crippen LogP contribution in [0.25, 0.3) is 11.1 Å². The number of hydrogen-bond donors (Lipinski definition) is 1. The normalized spacial score (nSPS) is 10.5. The van der Waals surface area contributed by atoms with E-state index >= 15 is 0 Å². The van der Waals surface area contributed by atoms with E-state index in [1.807, 2.05) is 32.9 Å². The van der Waals surface area contributed by atoms with Gasteiger partial charge in [0, 0.05) is 5.56 Å². The third kappa shape index (κ3) is 2.50. The summed E-state index contributed by atoms with van der Waals surface area (Å²) in [5.41, 5.74) is 4.29. The molecule has 2 aromatic rings. The summed E-state index contributed by atoms with van der Waals surface area (Å²) < 4.78 is 13.9. The SMILES string of the molecule is Cc1cc(C)c(-c2cc(C(=O)O)ccc2F)cc1C. The maximum Gasteiger partial charge on any atom is 0.335 e. The molecule has 19 heavy (non-hydrogen) atoms. The van der Waals surface area contributed by atoms with Gasteiger partial charge in [0.05, 0.1) is 5.56 Å². The van der Waals surface area contributed by atoms with Crippen molar-refractivity contribution >= 4 is 5.97 Å². The molecule has 0 aliphatic heterocycles. The lowest BCUT2D eigenvalue weighted by atomic mass is 9.94. The number of rotatable bonds is 2. The second-order valence-corrected chi connectivity index (χ2v) is 4.75. The number of carbonyl (C=O) groups is 1. The predicted molar refractivity (Wildman–Crippen MR) is 73.0 cm³/mol. The lowest BCUT2D eigenvalue weighted by Crippen LogP contribution is -1.99. The highest BCUT2D eigenvalue weighted by molar-refractivity contribution is 5.89. The highest BCUT2D eigenvalue weighted by atomic mass is 19.1. The van der Waals surface area contributed by atoms with E-state index in [9.17, 15) is 9.18 Å². The largest absolute Gasteiger partial charge is 0.478 e. The Morgan fingerprint density at radius 2 is 1.58 bits per heavy atom. The van der Waals surface area contributed by atoms with Gasteiger partial charge in [0.25, 0.3) is 0 Å². The maximum atomic E-state index is 13.9. The molecule has 2 aromatic carbocycles. The molecule has 98 valence electrons. The zero-order chi connectivity index (χ0) is 14.2. The molecule has 1 N–H and O–H groups in total. The molecular weight excluding hydrogens is 243 g/mol. The lowest BCUT2D eigenvalue weighted by Gasteiger charge is -2.11. The molecule has 0 unspecified atom stereocenters. The molecule has 2 rings (SSSR count). The summed E-state index contributed by atoms with van der Waals surface area (Å²) in [6, 6.07) is 7.74. The van der Waals surface area contributed by atoms with Gasteiger partial charge in [-0.05, 0) is 61.2 Å². The van der Waals surface area contributed by atoms with Crippen LogP contribution in [-0.2, 0) is 0 Å². The maximum absolute atomic E-state index is 13.9. The van der Waals surface area contributed by atoms with Gasteiger partial charge in [-0.3, -0.25) is 0 Å². The standard InChI is InChI=1S/C16H15FO2/c1-9-6-11(3)13(7-10(9)2)14-8-12(16(18)19)4-5-15(14)17/h4-8H,1-3H3,(H,18,19). The summed E-state index contributed by atoms with van der Waals surface area (Å²) in [6.07, 6.45) is 0. The minimum Gasteiger partial charge on any atom is -0.478 e. The third-order valence-electron chi connectivity index (χ3n) is 3.34. The quantitative estimate of drug-likeness (QED) is 0.879. The zero-order valence-electron chi connectivity index (χ0n) is 11.1. The first-order valence-electron chi connectivity index (χ1n) is 6.01. The molecule has 0 spiro atoms. The van der Waals surface area contributed by atoms with Crippen molar-refractivity contribution in [2.45, 2.75) is 20.8 Å². The van der Waals surface area contributed by atoms with Crippen molar-refractivity contribution in [1.29, 1.82) is 0 Å². The molecule has 3 heteroatoms. The first-order chi connectivity index (χ1) is 8.90. The Morgan fingerprint density at radius 1 is 0.947 bits per heavy atom. The number of hydrogen-bond acceptors (Lipinski definition) is 1. The number of halogens is 1. The Balaban J connectivity index is 2.67. The summed E-state index contributed by atoms with van der Waals surface area (Å²) in [6.45, 7) is 5.85. The molecule has 0 saturated carbocycles. The van der Waals surface area contributed by atoms with Crippen LogP contribution in [0.5, 0.6) is 0 Å². The van der Waals surface area contributed by atoms with Crippen molar-refractivity contribution in [2.24, 2.45) is 0 Å². The van der Waals surface area contributed by atoms with Crippen LogP contribution in [0.2, 0.25) is 0 Å². The van der Waals surface area contributed by atoms with Crippen molar-refractivity contribution in [1.82, 2.24) is 0 Å². The topological polar surface area (TPSA) is 37.3 Å². The van der Waals surface area contributed by atoms with Crippen LogP contribution in [0.15, 0.2) is 30.3 Å². The fourth-order valence-corrected chi connectivity index (χ4v) is 2.12. The Bertz CT molecular complexity index is 660. The summed E-state index contributed by atoms with van der Waals surface area (Å²) in [7, 11) is 0. The second kappa shape index (κ2) is 4.84. The minimum absolute atomic E-state index is 0.0917. The van der Waals surface area contributed by atoms with E-state index in [0.717, 1.165) is 22.3 Å². The van der Waals surface area contributed by atoms with Crippen LogP contribution in [0.1, 0.15) is 27.0 Å². The average Bonchev–Trinajstić information content (AvgIpc) is 2.34. The summed E-state index contributed by atoms with van der Waals surface area (Å²) in [5, 5.41) is 8.99. The second-order valence-electron chi connectivity index (χ2n) is 4.75. The molecule has 0 atom stereocenters. The Morgan fingerprint density at radius 3 is 2.21 bits per heavy atom. The van der Waals surface area contributed by atoms with E-state index in [4.69, 9.17) is 5.11 Å². The van der Waals surface area contributed by atoms with E-state index in [0.29, 0.717) is 5.56 Å². The van der Waals surface area contributed by atoms with Crippen LogP contribution >= 0.6 is 0 Å². The fraction of sp³-hybridized carbons (Fsp3) is 0.188. The van der Waals surface area contributed by atoms with Crippen LogP contribution in [0, 0.1) is 26.6 Å². The van der Waals surface area contributed by atoms with Crippen LogP contribution in [-0.4, -0.2) is 11.1 Å². The number of benzene rings is 2. The van der Waals surface area contributed by atoms with Gasteiger partial charge < -0.3 is 5.11 Å². The molecule has 0 saturated heterocycles. The van der Waals surface area contributed by atoms with Gasteiger partial charge in [-0.1, -0.05) is 12.1 Å². The highest BCUT2D eigenvalue weighted by Gasteiger charge is 2.12. The van der Waals surface area contributed by atoms with Crippen molar-refractivity contribution in [3.05, 3.63) is 58.4 Å². The molecule has 0 aliphatic rings. The molecule has 0 aromatic heterocycles. The first kappa shape index (κ1) is 13.3. The van der Waals surface area contributed by atoms with Crippen LogP contribution in [0.4, 0.5) is 4.39 Å². The monoisotopic (exact) mass is 258 g/mol. The molecule has 0 aliphatic carbocycles. The highest BCUT2D eigenvalue weighted by Crippen LogP contribution is 2.29. The predicted octanol–water partition coefficient (Wildman–Crippen LogP) is 4.12. The first-order valence-corrected chi connectivity index (χ1v) is 6.01. The summed E-state index contributed by atoms with van der Waals surface area (Å²) in [4.78, 5) is 11.0.